The molecular formula is C46H26N4O. The second-order valence-corrected chi connectivity index (χ2v) is 12.6. The molecule has 0 aliphatic rings. The highest BCUT2D eigenvalue weighted by Gasteiger charge is 2.19. The Kier molecular flexibility index (Phi) is 6.48. The van der Waals surface area contributed by atoms with Crippen molar-refractivity contribution < 1.29 is 4.42 Å². The van der Waals surface area contributed by atoms with Crippen LogP contribution in [0.3, 0.4) is 0 Å². The maximum atomic E-state index is 7.97. The third-order valence-corrected chi connectivity index (χ3v) is 9.76. The Morgan fingerprint density at radius 3 is 1.69 bits per heavy atom. The lowest BCUT2D eigenvalue weighted by Gasteiger charge is -2.15. The molecule has 0 bridgehead atoms. The molecule has 8 aromatic carbocycles. The number of hydrogen-bond donors (Lipinski definition) is 0. The van der Waals surface area contributed by atoms with E-state index in [0.717, 1.165) is 82.1 Å². The Labute approximate surface area is 292 Å². The van der Waals surface area contributed by atoms with Gasteiger partial charge < -0.3 is 4.42 Å². The Bertz CT molecular complexity index is 3050. The topological polar surface area (TPSA) is 56.2 Å². The Morgan fingerprint density at radius 2 is 0.902 bits per heavy atom. The van der Waals surface area contributed by atoms with E-state index in [1.807, 2.05) is 84.9 Å². The predicted molar refractivity (Wildman–Crippen MR) is 208 cm³/mol. The van der Waals surface area contributed by atoms with Crippen molar-refractivity contribution >= 4 is 59.9 Å². The van der Waals surface area contributed by atoms with Crippen molar-refractivity contribution in [1.82, 2.24) is 15.0 Å². The van der Waals surface area contributed by atoms with Crippen LogP contribution in [0.2, 0.25) is 0 Å². The van der Waals surface area contributed by atoms with Gasteiger partial charge in [-0.25, -0.2) is 19.8 Å². The van der Waals surface area contributed by atoms with Crippen LogP contribution in [0.5, 0.6) is 0 Å². The molecule has 236 valence electrons. The van der Waals surface area contributed by atoms with Crippen molar-refractivity contribution in [2.45, 2.75) is 0 Å². The van der Waals surface area contributed by atoms with Gasteiger partial charge in [0.2, 0.25) is 0 Å². The van der Waals surface area contributed by atoms with E-state index in [1.54, 1.807) is 0 Å². The highest BCUT2D eigenvalue weighted by molar-refractivity contribution is 6.18. The van der Waals surface area contributed by atoms with Gasteiger partial charge in [-0.1, -0.05) is 140 Å². The summed E-state index contributed by atoms with van der Waals surface area (Å²) < 4.78 is 6.24. The van der Waals surface area contributed by atoms with Crippen molar-refractivity contribution in [3.05, 3.63) is 169 Å². The van der Waals surface area contributed by atoms with Gasteiger partial charge in [0.15, 0.2) is 23.2 Å². The fourth-order valence-corrected chi connectivity index (χ4v) is 7.47. The third kappa shape index (κ3) is 4.58. The number of rotatable bonds is 4. The lowest BCUT2D eigenvalue weighted by atomic mass is 9.90. The van der Waals surface area contributed by atoms with Crippen molar-refractivity contribution in [1.29, 1.82) is 0 Å². The fourth-order valence-electron chi connectivity index (χ4n) is 7.47. The highest BCUT2D eigenvalue weighted by Crippen LogP contribution is 2.42. The van der Waals surface area contributed by atoms with Crippen LogP contribution in [0.1, 0.15) is 0 Å². The Balaban J connectivity index is 1.22. The minimum absolute atomic E-state index is 0.580. The molecule has 0 aliphatic carbocycles. The molecule has 2 heterocycles. The van der Waals surface area contributed by atoms with E-state index in [-0.39, 0.29) is 0 Å². The summed E-state index contributed by atoms with van der Waals surface area (Å²) in [6, 6.07) is 53.5. The first kappa shape index (κ1) is 28.8. The number of benzene rings is 8. The van der Waals surface area contributed by atoms with E-state index in [0.29, 0.717) is 23.2 Å². The van der Waals surface area contributed by atoms with Gasteiger partial charge in [-0.05, 0) is 61.6 Å². The number of nitrogens with zero attached hydrogens (tertiary/aromatic N) is 4. The quantitative estimate of drug-likeness (QED) is 0.140. The van der Waals surface area contributed by atoms with Gasteiger partial charge in [0.25, 0.3) is 0 Å². The standard InChI is InChI=1S/C46H26N4O/c1-47-40-27-39-33(21-10-22-34(39)31-15-5-6-16-35(31)40)30-18-9-20-32-29(30)19-11-23-36(32)45-48-44(28-13-3-2-4-14-28)49-46(50-45)38-24-12-26-42-43(38)37-17-7-8-25-41(37)51-42/h2-27H. The summed E-state index contributed by atoms with van der Waals surface area (Å²) in [7, 11) is 0. The molecule has 0 saturated heterocycles. The molecule has 0 radical (unpaired) electrons. The summed E-state index contributed by atoms with van der Waals surface area (Å²) >= 11 is 0. The van der Waals surface area contributed by atoms with Gasteiger partial charge in [0, 0.05) is 27.5 Å². The van der Waals surface area contributed by atoms with E-state index < -0.39 is 0 Å². The first-order valence-electron chi connectivity index (χ1n) is 16.8. The smallest absolute Gasteiger partial charge is 0.195 e. The number of hydrogen-bond acceptors (Lipinski definition) is 4. The van der Waals surface area contributed by atoms with E-state index in [2.05, 4.69) is 77.6 Å². The van der Waals surface area contributed by atoms with Crippen molar-refractivity contribution in [2.75, 3.05) is 0 Å². The molecule has 0 unspecified atom stereocenters. The molecule has 5 nitrogen and oxygen atoms in total. The summed E-state index contributed by atoms with van der Waals surface area (Å²) in [4.78, 5) is 19.3. The lowest BCUT2D eigenvalue weighted by Crippen LogP contribution is -2.01. The largest absolute Gasteiger partial charge is 0.456 e. The van der Waals surface area contributed by atoms with Gasteiger partial charge in [-0.3, -0.25) is 0 Å². The second-order valence-electron chi connectivity index (χ2n) is 12.6. The summed E-state index contributed by atoms with van der Waals surface area (Å²) in [6.45, 7) is 7.97. The average Bonchev–Trinajstić information content (AvgIpc) is 3.59. The Hall–Kier alpha value is -7.16. The number of fused-ring (bicyclic) bond motifs is 7. The van der Waals surface area contributed by atoms with E-state index in [4.69, 9.17) is 25.9 Å². The van der Waals surface area contributed by atoms with Crippen LogP contribution in [0.4, 0.5) is 5.69 Å². The zero-order chi connectivity index (χ0) is 33.9. The molecular weight excluding hydrogens is 625 g/mol. The van der Waals surface area contributed by atoms with Crippen LogP contribution in [0.25, 0.3) is 104 Å². The van der Waals surface area contributed by atoms with Crippen molar-refractivity contribution in [3.63, 3.8) is 0 Å². The molecule has 2 aromatic heterocycles. The minimum atomic E-state index is 0.580. The number of aromatic nitrogens is 3. The molecule has 0 spiro atoms. The van der Waals surface area contributed by atoms with Crippen LogP contribution in [0, 0.1) is 6.57 Å². The SMILES string of the molecule is [C-]#[N+]c1cc2c(-c3cccc4c(-c5nc(-c6ccccc6)nc(-c6cccc7oc8ccccc8c67)n5)cccc34)cccc2c2ccccc12. The van der Waals surface area contributed by atoms with Crippen LogP contribution in [0.15, 0.2) is 162 Å². The van der Waals surface area contributed by atoms with Gasteiger partial charge in [-0.15, -0.1) is 0 Å². The molecule has 0 fully saturated rings. The van der Waals surface area contributed by atoms with Crippen LogP contribution < -0.4 is 0 Å². The predicted octanol–water partition coefficient (Wildman–Crippen LogP) is 12.4. The molecule has 10 aromatic rings. The normalized spacial score (nSPS) is 11.5. The zero-order valence-electron chi connectivity index (χ0n) is 27.2. The third-order valence-electron chi connectivity index (χ3n) is 9.76. The molecule has 0 N–H and O–H groups in total. The first-order valence-corrected chi connectivity index (χ1v) is 16.8. The Morgan fingerprint density at radius 1 is 0.392 bits per heavy atom. The molecule has 0 aliphatic heterocycles. The lowest BCUT2D eigenvalue weighted by molar-refractivity contribution is 0.669. The van der Waals surface area contributed by atoms with Crippen LogP contribution in [-0.4, -0.2) is 15.0 Å². The summed E-state index contributed by atoms with van der Waals surface area (Å²) in [6.07, 6.45) is 0. The van der Waals surface area contributed by atoms with Crippen LogP contribution >= 0.6 is 0 Å². The molecule has 5 heteroatoms. The molecule has 0 saturated carbocycles. The van der Waals surface area contributed by atoms with E-state index in [9.17, 15) is 0 Å². The number of para-hydroxylation sites is 1. The van der Waals surface area contributed by atoms with Crippen LogP contribution in [-0.2, 0) is 0 Å². The molecule has 51 heavy (non-hydrogen) atoms. The summed E-state index contributed by atoms with van der Waals surface area (Å²) in [5.41, 5.74) is 7.12. The van der Waals surface area contributed by atoms with Gasteiger partial charge in [0.1, 0.15) is 11.2 Å². The molecule has 0 atom stereocenters. The molecule has 10 rings (SSSR count). The minimum Gasteiger partial charge on any atom is -0.456 e. The van der Waals surface area contributed by atoms with E-state index in [1.165, 1.54) is 0 Å². The maximum absolute atomic E-state index is 7.97. The van der Waals surface area contributed by atoms with E-state index >= 15 is 0 Å². The average molecular weight is 651 g/mol. The number of furan rings is 1. The van der Waals surface area contributed by atoms with Gasteiger partial charge in [0.05, 0.1) is 6.57 Å². The molecule has 0 amide bonds. The van der Waals surface area contributed by atoms with Crippen molar-refractivity contribution in [2.24, 2.45) is 0 Å². The zero-order valence-corrected chi connectivity index (χ0v) is 27.2. The maximum Gasteiger partial charge on any atom is 0.195 e. The summed E-state index contributed by atoms with van der Waals surface area (Å²) in [5, 5.41) is 8.32. The monoisotopic (exact) mass is 650 g/mol. The first-order chi connectivity index (χ1) is 25.2. The van der Waals surface area contributed by atoms with Crippen molar-refractivity contribution in [3.8, 4) is 45.3 Å². The highest BCUT2D eigenvalue weighted by atomic mass is 16.3. The summed E-state index contributed by atoms with van der Waals surface area (Å²) in [5.74, 6) is 1.77. The van der Waals surface area contributed by atoms with Gasteiger partial charge in [-0.2, -0.15) is 0 Å². The fraction of sp³-hybridized carbons (Fsp3) is 0. The second kappa shape index (κ2) is 11.5. The van der Waals surface area contributed by atoms with Gasteiger partial charge >= 0.3 is 0 Å².